The minimum absolute atomic E-state index is 0.00426. The quantitative estimate of drug-likeness (QED) is 0.126. The van der Waals surface area contributed by atoms with Gasteiger partial charge in [0.2, 0.25) is 5.91 Å². The first-order valence-corrected chi connectivity index (χ1v) is 22.6. The van der Waals surface area contributed by atoms with Gasteiger partial charge in [0.25, 0.3) is 11.1 Å². The molecule has 58 heavy (non-hydrogen) atoms. The van der Waals surface area contributed by atoms with Crippen LogP contribution in [0.4, 0.5) is 4.39 Å². The second-order valence-corrected chi connectivity index (χ2v) is 14.2. The Morgan fingerprint density at radius 3 is 2.31 bits per heavy atom. The number of thiazole rings is 1. The molecular weight excluding hydrogens is 774 g/mol. The number of carbonyl (C=O) groups excluding carboxylic acids is 2. The SMILES string of the molecule is CC.CC.CC.CC.CCCOC(C)(C)CCN.CSCCn1c(C(=O)N2CC=C(c3cnc(OCc4ccc(C#N)cc4F)s3)CC2)nc2ccc(C(N)=O)cc21. The van der Waals surface area contributed by atoms with Gasteiger partial charge in [-0.2, -0.15) is 17.0 Å². The van der Waals surface area contributed by atoms with Gasteiger partial charge in [-0.25, -0.2) is 14.4 Å². The molecular formula is C44H68FN7O4S2. The second kappa shape index (κ2) is 29.9. The van der Waals surface area contributed by atoms with Gasteiger partial charge in [0.05, 0.1) is 33.1 Å². The maximum atomic E-state index is 14.1. The fourth-order valence-electron chi connectivity index (χ4n) is 5.21. The Morgan fingerprint density at radius 2 is 1.76 bits per heavy atom. The summed E-state index contributed by atoms with van der Waals surface area (Å²) < 4.78 is 27.2. The first kappa shape index (κ1) is 53.7. The average Bonchev–Trinajstić information content (AvgIpc) is 3.89. The van der Waals surface area contributed by atoms with Crippen molar-refractivity contribution < 1.29 is 23.5 Å². The highest BCUT2D eigenvalue weighted by atomic mass is 32.2. The smallest absolute Gasteiger partial charge is 0.290 e. The van der Waals surface area contributed by atoms with Crippen LogP contribution in [0.5, 0.6) is 5.19 Å². The zero-order valence-electron chi connectivity index (χ0n) is 36.9. The lowest BCUT2D eigenvalue weighted by Crippen LogP contribution is -2.36. The van der Waals surface area contributed by atoms with E-state index in [9.17, 15) is 14.0 Å². The van der Waals surface area contributed by atoms with E-state index in [2.05, 4.69) is 30.7 Å². The third-order valence-electron chi connectivity index (χ3n) is 8.02. The lowest BCUT2D eigenvalue weighted by atomic mass is 10.1. The topological polar surface area (TPSA) is 162 Å². The number of thioether (sulfide) groups is 1. The molecule has 0 radical (unpaired) electrons. The van der Waals surface area contributed by atoms with Crippen LogP contribution in [-0.2, 0) is 17.9 Å². The van der Waals surface area contributed by atoms with Gasteiger partial charge >= 0.3 is 0 Å². The van der Waals surface area contributed by atoms with E-state index in [0.717, 1.165) is 35.7 Å². The van der Waals surface area contributed by atoms with Crippen LogP contribution in [0.15, 0.2) is 48.7 Å². The normalized spacial score (nSPS) is 11.6. The Bertz CT molecular complexity index is 1870. The monoisotopic (exact) mass is 841 g/mol. The zero-order valence-corrected chi connectivity index (χ0v) is 38.5. The number of rotatable bonds is 14. The fraction of sp³-hybridized carbons (Fsp3) is 0.523. The van der Waals surface area contributed by atoms with Gasteiger partial charge in [0, 0.05) is 49.3 Å². The molecule has 0 aliphatic carbocycles. The summed E-state index contributed by atoms with van der Waals surface area (Å²) in [6.07, 6.45) is 8.36. The number of aryl methyl sites for hydroxylation is 1. The van der Waals surface area contributed by atoms with E-state index in [1.54, 1.807) is 47.1 Å². The Morgan fingerprint density at radius 1 is 1.07 bits per heavy atom. The number of ether oxygens (including phenoxy) is 2. The maximum absolute atomic E-state index is 14.1. The molecule has 0 atom stereocenters. The number of nitriles is 1. The van der Waals surface area contributed by atoms with Crippen LogP contribution in [-0.4, -0.2) is 75.1 Å². The van der Waals surface area contributed by atoms with E-state index in [1.165, 1.54) is 23.5 Å². The van der Waals surface area contributed by atoms with Gasteiger partial charge < -0.3 is 30.4 Å². The molecule has 322 valence electrons. The lowest BCUT2D eigenvalue weighted by Gasteiger charge is -2.26. The van der Waals surface area contributed by atoms with Gasteiger partial charge in [-0.1, -0.05) is 85.8 Å². The molecule has 0 fully saturated rings. The number of benzene rings is 2. The van der Waals surface area contributed by atoms with Crippen molar-refractivity contribution in [3.63, 3.8) is 0 Å². The van der Waals surface area contributed by atoms with E-state index in [-0.39, 0.29) is 23.7 Å². The fourth-order valence-corrected chi connectivity index (χ4v) is 6.41. The maximum Gasteiger partial charge on any atom is 0.290 e. The van der Waals surface area contributed by atoms with E-state index in [0.29, 0.717) is 65.8 Å². The van der Waals surface area contributed by atoms with Crippen LogP contribution in [0.2, 0.25) is 0 Å². The molecule has 1 aliphatic heterocycles. The van der Waals surface area contributed by atoms with E-state index >= 15 is 0 Å². The van der Waals surface area contributed by atoms with Crippen molar-refractivity contribution in [1.29, 1.82) is 5.26 Å². The first-order chi connectivity index (χ1) is 28.0. The van der Waals surface area contributed by atoms with E-state index in [1.807, 2.05) is 78.4 Å². The number of carbonyl (C=O) groups is 2. The van der Waals surface area contributed by atoms with E-state index < -0.39 is 11.7 Å². The largest absolute Gasteiger partial charge is 0.465 e. The highest BCUT2D eigenvalue weighted by Gasteiger charge is 2.26. The van der Waals surface area contributed by atoms with Crippen LogP contribution >= 0.6 is 23.1 Å². The predicted molar refractivity (Wildman–Crippen MR) is 242 cm³/mol. The predicted octanol–water partition coefficient (Wildman–Crippen LogP) is 10.1. The molecule has 0 saturated heterocycles. The van der Waals surface area contributed by atoms with Crippen LogP contribution < -0.4 is 16.2 Å². The number of hydrogen-bond acceptors (Lipinski definition) is 10. The summed E-state index contributed by atoms with van der Waals surface area (Å²) in [5, 5.41) is 9.30. The minimum Gasteiger partial charge on any atom is -0.465 e. The summed E-state index contributed by atoms with van der Waals surface area (Å²) in [5.41, 5.74) is 14.2. The van der Waals surface area contributed by atoms with Gasteiger partial charge in [-0.15, -0.1) is 0 Å². The number of amides is 2. The highest BCUT2D eigenvalue weighted by Crippen LogP contribution is 2.32. The Labute approximate surface area is 355 Å². The summed E-state index contributed by atoms with van der Waals surface area (Å²) in [7, 11) is 0. The van der Waals surface area contributed by atoms with Gasteiger partial charge in [0.1, 0.15) is 12.4 Å². The molecule has 3 heterocycles. The number of nitrogens with two attached hydrogens (primary N) is 2. The molecule has 14 heteroatoms. The standard InChI is InChI=1S/C28H25FN6O3S2.C8H19NO.4C2H6/c1-39-11-10-35-23-13-19(25(31)36)4-5-22(23)33-26(35)27(37)34-8-6-18(7-9-34)24-15-32-28(40-24)38-16-20-3-2-17(14-30)12-21(20)29;1-4-7-10-8(2,3)5-6-9;4*1-2/h2-6,12-13,15H,7-11,16H2,1H3,(H2,31,36);4-7,9H2,1-3H3;4*1-2H3. The molecule has 4 N–H and O–H groups in total. The van der Waals surface area contributed by atoms with Crippen molar-refractivity contribution in [2.75, 3.05) is 38.2 Å². The Hall–Kier alpha value is -4.29. The Kier molecular flexibility index (Phi) is 27.6. The van der Waals surface area contributed by atoms with Crippen molar-refractivity contribution in [2.24, 2.45) is 11.5 Å². The molecule has 2 aromatic heterocycles. The summed E-state index contributed by atoms with van der Waals surface area (Å²) in [6.45, 7) is 25.3. The zero-order chi connectivity index (χ0) is 44.3. The molecule has 2 aromatic carbocycles. The molecule has 0 spiro atoms. The summed E-state index contributed by atoms with van der Waals surface area (Å²) >= 11 is 3.02. The first-order valence-electron chi connectivity index (χ1n) is 20.4. The number of primary amides is 1. The third-order valence-corrected chi connectivity index (χ3v) is 9.59. The molecule has 1 aliphatic rings. The molecule has 2 amide bonds. The molecule has 11 nitrogen and oxygen atoms in total. The van der Waals surface area contributed by atoms with Crippen molar-refractivity contribution in [3.8, 4) is 11.3 Å². The number of aromatic nitrogens is 3. The van der Waals surface area contributed by atoms with Crippen LogP contribution in [0.25, 0.3) is 16.6 Å². The van der Waals surface area contributed by atoms with Crippen molar-refractivity contribution >= 4 is 51.5 Å². The molecule has 0 unspecified atom stereocenters. The van der Waals surface area contributed by atoms with Gasteiger partial charge in [-0.3, -0.25) is 9.59 Å². The van der Waals surface area contributed by atoms with Crippen molar-refractivity contribution in [1.82, 2.24) is 19.4 Å². The van der Waals surface area contributed by atoms with Crippen LogP contribution in [0.3, 0.4) is 0 Å². The Balaban J connectivity index is 0.00000154. The summed E-state index contributed by atoms with van der Waals surface area (Å²) in [6, 6.07) is 11.2. The second-order valence-electron chi connectivity index (χ2n) is 12.2. The lowest BCUT2D eigenvalue weighted by molar-refractivity contribution is -0.0211. The number of imidazole rings is 1. The minimum atomic E-state index is -0.529. The van der Waals surface area contributed by atoms with Gasteiger partial charge in [0.15, 0.2) is 5.82 Å². The highest BCUT2D eigenvalue weighted by molar-refractivity contribution is 7.98. The number of hydrogen-bond donors (Lipinski definition) is 2. The molecule has 0 bridgehead atoms. The van der Waals surface area contributed by atoms with Gasteiger partial charge in [-0.05, 0) is 81.8 Å². The van der Waals surface area contributed by atoms with Crippen LogP contribution in [0, 0.1) is 17.1 Å². The third kappa shape index (κ3) is 16.9. The number of fused-ring (bicyclic) bond motifs is 1. The van der Waals surface area contributed by atoms with Crippen LogP contribution in [0.1, 0.15) is 132 Å². The molecule has 0 saturated carbocycles. The molecule has 5 rings (SSSR count). The number of halogens is 1. The van der Waals surface area contributed by atoms with Crippen molar-refractivity contribution in [2.45, 2.75) is 114 Å². The number of nitrogens with zero attached hydrogens (tertiary/aromatic N) is 5. The summed E-state index contributed by atoms with van der Waals surface area (Å²) in [4.78, 5) is 36.8. The van der Waals surface area contributed by atoms with Crippen molar-refractivity contribution in [3.05, 3.63) is 81.9 Å². The summed E-state index contributed by atoms with van der Waals surface area (Å²) in [5.74, 6) is -0.0773. The molecule has 4 aromatic rings. The average molecular weight is 842 g/mol. The van der Waals surface area contributed by atoms with E-state index in [4.69, 9.17) is 26.2 Å².